The molecule has 0 aliphatic rings. The van der Waals surface area contributed by atoms with Crippen molar-refractivity contribution in [3.05, 3.63) is 32.7 Å². The third-order valence-electron chi connectivity index (χ3n) is 2.13. The molecule has 7 heteroatoms. The van der Waals surface area contributed by atoms with E-state index in [0.717, 1.165) is 10.0 Å². The molecule has 0 spiro atoms. The van der Waals surface area contributed by atoms with E-state index >= 15 is 0 Å². The van der Waals surface area contributed by atoms with Crippen molar-refractivity contribution in [3.8, 4) is 0 Å². The van der Waals surface area contributed by atoms with Crippen LogP contribution in [0.2, 0.25) is 0 Å². The fourth-order valence-corrected chi connectivity index (χ4v) is 2.59. The summed E-state index contributed by atoms with van der Waals surface area (Å²) in [6.07, 6.45) is 1.72. The number of nitrogens with zero attached hydrogens (tertiary/aromatic N) is 2. The zero-order chi connectivity index (χ0) is 12.3. The van der Waals surface area contributed by atoms with E-state index in [1.807, 2.05) is 12.3 Å². The molecular weight excluding hydrogens is 256 g/mol. The molecule has 0 aromatic carbocycles. The van der Waals surface area contributed by atoms with Crippen LogP contribution in [0.1, 0.15) is 33.5 Å². The second-order valence-corrected chi connectivity index (χ2v) is 5.26. The fourth-order valence-electron chi connectivity index (χ4n) is 1.29. The lowest BCUT2D eigenvalue weighted by molar-refractivity contribution is 0.0935. The fraction of sp³-hybridized carbons (Fsp3) is 0.300. The Morgan fingerprint density at radius 3 is 3.00 bits per heavy atom. The number of nitrogens with one attached hydrogen (secondary N) is 1. The number of aromatic nitrogens is 2. The maximum absolute atomic E-state index is 11.8. The smallest absolute Gasteiger partial charge is 0.271 e. The number of thiazole rings is 2. The van der Waals surface area contributed by atoms with Gasteiger partial charge < -0.3 is 11.1 Å². The van der Waals surface area contributed by atoms with Gasteiger partial charge >= 0.3 is 0 Å². The molecule has 0 bridgehead atoms. The summed E-state index contributed by atoms with van der Waals surface area (Å²) in [5.74, 6) is -0.191. The average Bonchev–Trinajstić information content (AvgIpc) is 3.00. The topological polar surface area (TPSA) is 80.9 Å². The summed E-state index contributed by atoms with van der Waals surface area (Å²) >= 11 is 2.91. The van der Waals surface area contributed by atoms with E-state index in [2.05, 4.69) is 15.3 Å². The molecule has 90 valence electrons. The van der Waals surface area contributed by atoms with Crippen LogP contribution in [0.5, 0.6) is 0 Å². The first-order valence-corrected chi connectivity index (χ1v) is 6.81. The van der Waals surface area contributed by atoms with Gasteiger partial charge in [-0.25, -0.2) is 9.97 Å². The molecule has 0 radical (unpaired) electrons. The van der Waals surface area contributed by atoms with Gasteiger partial charge in [-0.1, -0.05) is 0 Å². The van der Waals surface area contributed by atoms with Crippen molar-refractivity contribution in [1.29, 1.82) is 0 Å². The molecule has 2 heterocycles. The summed E-state index contributed by atoms with van der Waals surface area (Å²) in [7, 11) is 0. The summed E-state index contributed by atoms with van der Waals surface area (Å²) in [5.41, 5.74) is 5.87. The number of carbonyl (C=O) groups is 1. The van der Waals surface area contributed by atoms with Gasteiger partial charge in [0.1, 0.15) is 15.7 Å². The Kier molecular flexibility index (Phi) is 3.82. The van der Waals surface area contributed by atoms with E-state index in [9.17, 15) is 4.79 Å². The molecule has 17 heavy (non-hydrogen) atoms. The minimum atomic E-state index is -0.191. The summed E-state index contributed by atoms with van der Waals surface area (Å²) in [6, 6.07) is -0.106. The normalized spacial score (nSPS) is 12.4. The predicted molar refractivity (Wildman–Crippen MR) is 68.0 cm³/mol. The van der Waals surface area contributed by atoms with Crippen LogP contribution in [-0.2, 0) is 6.54 Å². The first-order valence-electron chi connectivity index (χ1n) is 5.05. The third kappa shape index (κ3) is 2.87. The van der Waals surface area contributed by atoms with Gasteiger partial charge in [0.2, 0.25) is 0 Å². The molecule has 0 aliphatic carbocycles. The van der Waals surface area contributed by atoms with Crippen LogP contribution in [0.25, 0.3) is 0 Å². The molecular formula is C10H12N4OS2. The first kappa shape index (κ1) is 12.2. The third-order valence-corrected chi connectivity index (χ3v) is 3.96. The highest BCUT2D eigenvalue weighted by atomic mass is 32.1. The van der Waals surface area contributed by atoms with Crippen LogP contribution in [0.4, 0.5) is 0 Å². The van der Waals surface area contributed by atoms with Crippen molar-refractivity contribution >= 4 is 28.6 Å². The number of nitrogens with two attached hydrogens (primary N) is 1. The van der Waals surface area contributed by atoms with E-state index < -0.39 is 0 Å². The van der Waals surface area contributed by atoms with Crippen LogP contribution in [0.3, 0.4) is 0 Å². The van der Waals surface area contributed by atoms with Crippen LogP contribution < -0.4 is 11.1 Å². The summed E-state index contributed by atoms with van der Waals surface area (Å²) in [4.78, 5) is 20.1. The molecule has 1 atom stereocenters. The number of rotatable bonds is 4. The monoisotopic (exact) mass is 268 g/mol. The van der Waals surface area contributed by atoms with Crippen molar-refractivity contribution in [2.75, 3.05) is 0 Å². The van der Waals surface area contributed by atoms with E-state index in [-0.39, 0.29) is 11.9 Å². The van der Waals surface area contributed by atoms with Gasteiger partial charge in [0.15, 0.2) is 0 Å². The van der Waals surface area contributed by atoms with Gasteiger partial charge in [0.25, 0.3) is 5.91 Å². The highest BCUT2D eigenvalue weighted by molar-refractivity contribution is 7.10. The molecule has 2 rings (SSSR count). The molecule has 1 unspecified atom stereocenters. The van der Waals surface area contributed by atoms with Gasteiger partial charge in [-0.05, 0) is 6.92 Å². The van der Waals surface area contributed by atoms with Crippen LogP contribution in [0, 0.1) is 0 Å². The van der Waals surface area contributed by atoms with Crippen LogP contribution in [-0.4, -0.2) is 15.9 Å². The number of hydrogen-bond donors (Lipinski definition) is 2. The Hall–Kier alpha value is -1.31. The quantitative estimate of drug-likeness (QED) is 0.881. The van der Waals surface area contributed by atoms with E-state index in [0.29, 0.717) is 12.2 Å². The largest absolute Gasteiger partial charge is 0.342 e. The minimum Gasteiger partial charge on any atom is -0.342 e. The van der Waals surface area contributed by atoms with Gasteiger partial charge in [-0.15, -0.1) is 22.7 Å². The molecule has 0 saturated heterocycles. The van der Waals surface area contributed by atoms with Crippen LogP contribution in [0.15, 0.2) is 17.0 Å². The van der Waals surface area contributed by atoms with Gasteiger partial charge in [-0.3, -0.25) is 4.79 Å². The summed E-state index contributed by atoms with van der Waals surface area (Å²) in [6.45, 7) is 2.26. The summed E-state index contributed by atoms with van der Waals surface area (Å²) < 4.78 is 0. The Balaban J connectivity index is 2.01. The van der Waals surface area contributed by atoms with E-state index in [4.69, 9.17) is 5.73 Å². The molecule has 2 aromatic rings. The van der Waals surface area contributed by atoms with Crippen molar-refractivity contribution in [1.82, 2.24) is 15.3 Å². The Bertz CT molecular complexity index is 494. The van der Waals surface area contributed by atoms with Crippen LogP contribution >= 0.6 is 22.7 Å². The second-order valence-electron chi connectivity index (χ2n) is 3.40. The lowest BCUT2D eigenvalue weighted by Gasteiger charge is -2.09. The van der Waals surface area contributed by atoms with Crippen molar-refractivity contribution in [3.63, 3.8) is 0 Å². The van der Waals surface area contributed by atoms with E-state index in [1.165, 1.54) is 22.7 Å². The maximum Gasteiger partial charge on any atom is 0.271 e. The Morgan fingerprint density at radius 2 is 2.41 bits per heavy atom. The highest BCUT2D eigenvalue weighted by Gasteiger charge is 2.15. The molecule has 0 saturated carbocycles. The van der Waals surface area contributed by atoms with E-state index in [1.54, 1.807) is 11.6 Å². The van der Waals surface area contributed by atoms with Gasteiger partial charge in [-0.2, -0.15) is 0 Å². The number of carbonyl (C=O) groups excluding carboxylic acids is 1. The van der Waals surface area contributed by atoms with Gasteiger partial charge in [0, 0.05) is 23.5 Å². The maximum atomic E-state index is 11.8. The number of hydrogen-bond acceptors (Lipinski definition) is 6. The lowest BCUT2D eigenvalue weighted by Crippen LogP contribution is -2.26. The van der Waals surface area contributed by atoms with Crippen molar-refractivity contribution in [2.24, 2.45) is 5.73 Å². The molecule has 3 N–H and O–H groups in total. The zero-order valence-electron chi connectivity index (χ0n) is 9.21. The molecule has 1 amide bonds. The van der Waals surface area contributed by atoms with Crippen molar-refractivity contribution < 1.29 is 4.79 Å². The lowest BCUT2D eigenvalue weighted by atomic mass is 10.3. The summed E-state index contributed by atoms with van der Waals surface area (Å²) in [5, 5.41) is 8.09. The van der Waals surface area contributed by atoms with Crippen molar-refractivity contribution in [2.45, 2.75) is 19.5 Å². The predicted octanol–water partition coefficient (Wildman–Crippen LogP) is 1.55. The Labute approximate surface area is 107 Å². The standard InChI is InChI=1S/C10H12N4OS2/c1-6(10-12-2-3-16-10)13-9(15)7-5-17-8(4-11)14-7/h2-3,5-6H,4,11H2,1H3,(H,13,15). The first-order chi connectivity index (χ1) is 8.20. The second kappa shape index (κ2) is 5.35. The Morgan fingerprint density at radius 1 is 1.59 bits per heavy atom. The zero-order valence-corrected chi connectivity index (χ0v) is 10.8. The average molecular weight is 268 g/mol. The molecule has 0 aliphatic heterocycles. The molecule has 0 fully saturated rings. The number of amides is 1. The molecule has 5 nitrogen and oxygen atoms in total. The molecule has 2 aromatic heterocycles. The van der Waals surface area contributed by atoms with Gasteiger partial charge in [0.05, 0.1) is 6.04 Å². The minimum absolute atomic E-state index is 0.106. The SMILES string of the molecule is CC(NC(=O)c1csc(CN)n1)c1nccs1. The highest BCUT2D eigenvalue weighted by Crippen LogP contribution is 2.16.